The zero-order valence-electron chi connectivity index (χ0n) is 10.4. The lowest BCUT2D eigenvalue weighted by molar-refractivity contribution is 0.383. The molecule has 0 saturated carbocycles. The van der Waals surface area contributed by atoms with Gasteiger partial charge in [0.1, 0.15) is 5.76 Å². The number of anilines is 1. The molecular weight excluding hydrogens is 249 g/mol. The third kappa shape index (κ3) is 2.84. The van der Waals surface area contributed by atoms with Crippen LogP contribution in [0.2, 0.25) is 0 Å². The van der Waals surface area contributed by atoms with E-state index in [0.717, 1.165) is 5.69 Å². The molecule has 2 atom stereocenters. The van der Waals surface area contributed by atoms with Gasteiger partial charge in [0.25, 0.3) is 0 Å². The van der Waals surface area contributed by atoms with Gasteiger partial charge in [-0.15, -0.1) is 0 Å². The van der Waals surface area contributed by atoms with Crippen molar-refractivity contribution in [1.29, 1.82) is 0 Å². The normalized spacial score (nSPS) is 15.9. The largest absolute Gasteiger partial charge is 0.467 e. The Morgan fingerprint density at radius 1 is 1.22 bits per heavy atom. The van der Waals surface area contributed by atoms with Gasteiger partial charge in [0.15, 0.2) is 5.78 Å². The SMILES string of the molecule is COP(C)(=O)C(Nc1ccccc1)c1ccco1. The molecular formula is C13H16NO3P. The number of furan rings is 1. The van der Waals surface area contributed by atoms with Crippen LogP contribution in [0.4, 0.5) is 5.69 Å². The monoisotopic (exact) mass is 265 g/mol. The predicted octanol–water partition coefficient (Wildman–Crippen LogP) is 3.94. The van der Waals surface area contributed by atoms with Gasteiger partial charge >= 0.3 is 0 Å². The van der Waals surface area contributed by atoms with Crippen LogP contribution < -0.4 is 5.32 Å². The van der Waals surface area contributed by atoms with Crippen LogP contribution in [-0.4, -0.2) is 13.8 Å². The first-order valence-corrected chi connectivity index (χ1v) is 7.75. The topological polar surface area (TPSA) is 51.5 Å². The molecule has 0 spiro atoms. The molecule has 2 aromatic rings. The minimum atomic E-state index is -2.84. The molecule has 1 aromatic heterocycles. The summed E-state index contributed by atoms with van der Waals surface area (Å²) in [6.45, 7) is 1.59. The van der Waals surface area contributed by atoms with Crippen LogP contribution in [0.5, 0.6) is 0 Å². The number of para-hydroxylation sites is 1. The Balaban J connectivity index is 2.30. The lowest BCUT2D eigenvalue weighted by atomic mass is 10.3. The molecule has 0 aliphatic carbocycles. The van der Waals surface area contributed by atoms with E-state index in [1.165, 1.54) is 7.11 Å². The summed E-state index contributed by atoms with van der Waals surface area (Å²) in [6.07, 6.45) is 1.56. The summed E-state index contributed by atoms with van der Waals surface area (Å²) < 4.78 is 22.9. The Morgan fingerprint density at radius 2 is 1.94 bits per heavy atom. The highest BCUT2D eigenvalue weighted by atomic mass is 31.2. The van der Waals surface area contributed by atoms with Crippen molar-refractivity contribution < 1.29 is 13.5 Å². The van der Waals surface area contributed by atoms with E-state index in [4.69, 9.17) is 8.94 Å². The van der Waals surface area contributed by atoms with Crippen molar-refractivity contribution in [2.45, 2.75) is 5.78 Å². The Bertz CT molecular complexity index is 524. The van der Waals surface area contributed by atoms with E-state index >= 15 is 0 Å². The number of nitrogens with one attached hydrogen (secondary N) is 1. The van der Waals surface area contributed by atoms with E-state index in [9.17, 15) is 4.57 Å². The Kier molecular flexibility index (Phi) is 3.90. The predicted molar refractivity (Wildman–Crippen MR) is 72.1 cm³/mol. The standard InChI is InChI=1S/C13H16NO3P/c1-16-18(2,15)13(12-9-6-10-17-12)14-11-7-4-3-5-8-11/h3-10,13-14H,1-2H3. The second-order valence-corrected chi connectivity index (χ2v) is 6.72. The van der Waals surface area contributed by atoms with Gasteiger partial charge in [-0.05, 0) is 24.3 Å². The van der Waals surface area contributed by atoms with E-state index in [-0.39, 0.29) is 0 Å². The van der Waals surface area contributed by atoms with Crippen molar-refractivity contribution in [3.05, 3.63) is 54.5 Å². The van der Waals surface area contributed by atoms with Crippen molar-refractivity contribution in [3.8, 4) is 0 Å². The van der Waals surface area contributed by atoms with Crippen molar-refractivity contribution in [2.75, 3.05) is 19.1 Å². The van der Waals surface area contributed by atoms with Gasteiger partial charge in [0.05, 0.1) is 6.26 Å². The first kappa shape index (κ1) is 12.9. The third-order valence-corrected chi connectivity index (χ3v) is 4.77. The van der Waals surface area contributed by atoms with E-state index in [0.29, 0.717) is 5.76 Å². The maximum atomic E-state index is 12.4. The summed E-state index contributed by atoms with van der Waals surface area (Å²) >= 11 is 0. The first-order chi connectivity index (χ1) is 8.63. The molecule has 0 fully saturated rings. The molecule has 0 aliphatic heterocycles. The third-order valence-electron chi connectivity index (χ3n) is 2.72. The molecule has 5 heteroatoms. The van der Waals surface area contributed by atoms with Crippen molar-refractivity contribution >= 4 is 13.1 Å². The van der Waals surface area contributed by atoms with Gasteiger partial charge in [-0.25, -0.2) is 0 Å². The quantitative estimate of drug-likeness (QED) is 0.832. The highest BCUT2D eigenvalue weighted by Crippen LogP contribution is 2.56. The molecule has 0 radical (unpaired) electrons. The van der Waals surface area contributed by atoms with Crippen LogP contribution in [0.1, 0.15) is 11.5 Å². The Morgan fingerprint density at radius 3 is 2.50 bits per heavy atom. The molecule has 96 valence electrons. The number of hydrogen-bond donors (Lipinski definition) is 1. The minimum Gasteiger partial charge on any atom is -0.467 e. The fourth-order valence-electron chi connectivity index (χ4n) is 1.66. The van der Waals surface area contributed by atoms with Crippen LogP contribution in [-0.2, 0) is 9.09 Å². The second-order valence-electron chi connectivity index (χ2n) is 4.02. The zero-order chi connectivity index (χ0) is 13.0. The van der Waals surface area contributed by atoms with Gasteiger partial charge in [-0.3, -0.25) is 4.57 Å². The summed E-state index contributed by atoms with van der Waals surface area (Å²) in [5.74, 6) is 0.117. The van der Waals surface area contributed by atoms with Crippen LogP contribution in [0, 0.1) is 0 Å². The Hall–Kier alpha value is -1.51. The number of hydrogen-bond acceptors (Lipinski definition) is 4. The minimum absolute atomic E-state index is 0.486. The summed E-state index contributed by atoms with van der Waals surface area (Å²) in [5, 5.41) is 3.19. The fraction of sp³-hybridized carbons (Fsp3) is 0.231. The van der Waals surface area contributed by atoms with Crippen molar-refractivity contribution in [1.82, 2.24) is 0 Å². The highest BCUT2D eigenvalue weighted by molar-refractivity contribution is 7.58. The maximum absolute atomic E-state index is 12.4. The van der Waals surface area contributed by atoms with E-state index in [2.05, 4.69) is 5.32 Å². The average Bonchev–Trinajstić information content (AvgIpc) is 2.90. The summed E-state index contributed by atoms with van der Waals surface area (Å²) in [6, 6.07) is 13.1. The van der Waals surface area contributed by atoms with Crippen LogP contribution in [0.25, 0.3) is 0 Å². The molecule has 0 saturated heterocycles. The zero-order valence-corrected chi connectivity index (χ0v) is 11.3. The van der Waals surface area contributed by atoms with Gasteiger partial charge in [-0.2, -0.15) is 0 Å². The molecule has 18 heavy (non-hydrogen) atoms. The maximum Gasteiger partial charge on any atom is 0.229 e. The van der Waals surface area contributed by atoms with Gasteiger partial charge in [-0.1, -0.05) is 18.2 Å². The Labute approximate surface area is 106 Å². The fourth-order valence-corrected chi connectivity index (χ4v) is 2.87. The molecule has 2 rings (SSSR count). The molecule has 4 nitrogen and oxygen atoms in total. The van der Waals surface area contributed by atoms with Crippen molar-refractivity contribution in [2.24, 2.45) is 0 Å². The summed E-state index contributed by atoms with van der Waals surface area (Å²) in [7, 11) is -1.39. The smallest absolute Gasteiger partial charge is 0.229 e. The van der Waals surface area contributed by atoms with E-state index < -0.39 is 13.2 Å². The molecule has 1 N–H and O–H groups in total. The average molecular weight is 265 g/mol. The molecule has 2 unspecified atom stereocenters. The van der Waals surface area contributed by atoms with Gasteiger partial charge in [0.2, 0.25) is 7.37 Å². The van der Waals surface area contributed by atoms with Gasteiger partial charge in [0, 0.05) is 19.5 Å². The molecule has 1 heterocycles. The molecule has 1 aromatic carbocycles. The lowest BCUT2D eigenvalue weighted by Crippen LogP contribution is -2.11. The number of benzene rings is 1. The second kappa shape index (κ2) is 5.42. The van der Waals surface area contributed by atoms with E-state index in [1.807, 2.05) is 30.3 Å². The highest BCUT2D eigenvalue weighted by Gasteiger charge is 2.32. The first-order valence-electron chi connectivity index (χ1n) is 5.61. The van der Waals surface area contributed by atoms with Crippen LogP contribution >= 0.6 is 7.37 Å². The lowest BCUT2D eigenvalue weighted by Gasteiger charge is -2.23. The molecule has 0 amide bonds. The van der Waals surface area contributed by atoms with Crippen LogP contribution in [0.3, 0.4) is 0 Å². The molecule has 0 bridgehead atoms. The summed E-state index contributed by atoms with van der Waals surface area (Å²) in [5.41, 5.74) is 0.873. The van der Waals surface area contributed by atoms with E-state index in [1.54, 1.807) is 25.1 Å². The van der Waals surface area contributed by atoms with Crippen LogP contribution in [0.15, 0.2) is 53.1 Å². The summed E-state index contributed by atoms with van der Waals surface area (Å²) in [4.78, 5) is 0. The van der Waals surface area contributed by atoms with Crippen molar-refractivity contribution in [3.63, 3.8) is 0 Å². The van der Waals surface area contributed by atoms with Gasteiger partial charge < -0.3 is 14.3 Å². The molecule has 0 aliphatic rings. The number of rotatable bonds is 5.